The van der Waals surface area contributed by atoms with E-state index in [9.17, 15) is 9.59 Å². The predicted molar refractivity (Wildman–Crippen MR) is 118 cm³/mol. The van der Waals surface area contributed by atoms with Crippen LogP contribution in [-0.4, -0.2) is 70.2 Å². The minimum absolute atomic E-state index is 0.0536. The standard InChI is InChI=1S/C24H29N5O2/c1-17-8-6-11-19(14-17)16-29-22(30)20-21(26(2)24(29)31)25-23-27(12-7-13-28(20)23)15-18-9-4-3-5-10-18/h3-6,8-11,14,20-21,23,25H,7,12-13,15-16H2,1-2H3. The van der Waals surface area contributed by atoms with Crippen LogP contribution in [0.4, 0.5) is 4.79 Å². The summed E-state index contributed by atoms with van der Waals surface area (Å²) in [6.45, 7) is 4.94. The Morgan fingerprint density at radius 3 is 2.52 bits per heavy atom. The number of urea groups is 1. The van der Waals surface area contributed by atoms with Gasteiger partial charge in [0.25, 0.3) is 5.91 Å². The maximum absolute atomic E-state index is 13.6. The molecule has 0 aliphatic carbocycles. The monoisotopic (exact) mass is 419 g/mol. The molecule has 3 aliphatic rings. The Bertz CT molecular complexity index is 981. The number of hydrogen-bond donors (Lipinski definition) is 1. The first-order chi connectivity index (χ1) is 15.0. The molecule has 0 spiro atoms. The molecule has 3 unspecified atom stereocenters. The van der Waals surface area contributed by atoms with Crippen molar-refractivity contribution in [3.8, 4) is 0 Å². The third-order valence-electron chi connectivity index (χ3n) is 6.62. The van der Waals surface area contributed by atoms with Crippen molar-refractivity contribution in [3.63, 3.8) is 0 Å². The van der Waals surface area contributed by atoms with Crippen LogP contribution in [0.15, 0.2) is 54.6 Å². The molecule has 5 rings (SSSR count). The molecule has 3 amide bonds. The van der Waals surface area contributed by atoms with E-state index in [4.69, 9.17) is 0 Å². The van der Waals surface area contributed by atoms with Gasteiger partial charge in [-0.3, -0.25) is 24.8 Å². The number of nitrogens with zero attached hydrogens (tertiary/aromatic N) is 4. The van der Waals surface area contributed by atoms with Gasteiger partial charge in [-0.05, 0) is 24.5 Å². The van der Waals surface area contributed by atoms with E-state index in [1.807, 2.05) is 37.3 Å². The number of rotatable bonds is 4. The van der Waals surface area contributed by atoms with E-state index in [-0.39, 0.29) is 30.4 Å². The fourth-order valence-corrected chi connectivity index (χ4v) is 5.11. The lowest BCUT2D eigenvalue weighted by Gasteiger charge is -2.43. The van der Waals surface area contributed by atoms with E-state index in [1.165, 1.54) is 10.5 Å². The van der Waals surface area contributed by atoms with E-state index < -0.39 is 0 Å². The van der Waals surface area contributed by atoms with Crippen LogP contribution in [0, 0.1) is 6.92 Å². The minimum Gasteiger partial charge on any atom is -0.310 e. The van der Waals surface area contributed by atoms with Crippen molar-refractivity contribution in [1.82, 2.24) is 24.9 Å². The summed E-state index contributed by atoms with van der Waals surface area (Å²) in [7, 11) is 1.79. The minimum atomic E-state index is -0.365. The topological polar surface area (TPSA) is 59.1 Å². The van der Waals surface area contributed by atoms with Crippen LogP contribution >= 0.6 is 0 Å². The van der Waals surface area contributed by atoms with Crippen molar-refractivity contribution in [1.29, 1.82) is 0 Å². The summed E-state index contributed by atoms with van der Waals surface area (Å²) in [5, 5.41) is 3.58. The SMILES string of the molecule is Cc1cccc(CN2C(=O)C3C(NC4N(Cc5ccccc5)CCCN34)N(C)C2=O)c1. The predicted octanol–water partition coefficient (Wildman–Crippen LogP) is 2.18. The van der Waals surface area contributed by atoms with Gasteiger partial charge in [-0.15, -0.1) is 0 Å². The summed E-state index contributed by atoms with van der Waals surface area (Å²) in [5.74, 6) is -0.105. The molecule has 3 atom stereocenters. The molecule has 0 bridgehead atoms. The fourth-order valence-electron chi connectivity index (χ4n) is 5.11. The van der Waals surface area contributed by atoms with Crippen LogP contribution in [0.5, 0.6) is 0 Å². The Labute approximate surface area is 183 Å². The summed E-state index contributed by atoms with van der Waals surface area (Å²) < 4.78 is 0. The Morgan fingerprint density at radius 2 is 1.74 bits per heavy atom. The lowest BCUT2D eigenvalue weighted by Crippen LogP contribution is -2.66. The van der Waals surface area contributed by atoms with Gasteiger partial charge >= 0.3 is 6.03 Å². The van der Waals surface area contributed by atoms with Gasteiger partial charge in [0.1, 0.15) is 18.5 Å². The van der Waals surface area contributed by atoms with Crippen LogP contribution in [-0.2, 0) is 17.9 Å². The van der Waals surface area contributed by atoms with Gasteiger partial charge in [0.05, 0.1) is 6.54 Å². The summed E-state index contributed by atoms with van der Waals surface area (Å²) in [5.41, 5.74) is 3.34. The van der Waals surface area contributed by atoms with Crippen LogP contribution in [0.1, 0.15) is 23.1 Å². The number of likely N-dealkylation sites (N-methyl/N-ethyl adjacent to an activating group) is 1. The maximum atomic E-state index is 13.6. The van der Waals surface area contributed by atoms with E-state index >= 15 is 0 Å². The third-order valence-corrected chi connectivity index (χ3v) is 6.62. The highest BCUT2D eigenvalue weighted by atomic mass is 16.2. The molecule has 2 aromatic rings. The van der Waals surface area contributed by atoms with Crippen LogP contribution in [0.2, 0.25) is 0 Å². The molecule has 3 saturated heterocycles. The highest BCUT2D eigenvalue weighted by Gasteiger charge is 2.55. The molecule has 3 aliphatic heterocycles. The van der Waals surface area contributed by atoms with Crippen molar-refractivity contribution in [2.45, 2.75) is 44.9 Å². The zero-order valence-electron chi connectivity index (χ0n) is 18.1. The van der Waals surface area contributed by atoms with E-state index in [1.54, 1.807) is 11.9 Å². The maximum Gasteiger partial charge on any atom is 0.328 e. The van der Waals surface area contributed by atoms with Crippen molar-refractivity contribution in [3.05, 3.63) is 71.3 Å². The smallest absolute Gasteiger partial charge is 0.310 e. The number of imide groups is 1. The number of amides is 3. The Hall–Kier alpha value is -2.74. The molecule has 3 fully saturated rings. The Morgan fingerprint density at radius 1 is 0.968 bits per heavy atom. The molecular formula is C24H29N5O2. The molecule has 7 heteroatoms. The average Bonchev–Trinajstić information content (AvgIpc) is 3.17. The number of hydrogen-bond acceptors (Lipinski definition) is 5. The summed E-state index contributed by atoms with van der Waals surface area (Å²) in [6, 6.07) is 17.8. The summed E-state index contributed by atoms with van der Waals surface area (Å²) in [4.78, 5) is 34.4. The molecule has 0 aromatic heterocycles. The number of fused-ring (bicyclic) bond motifs is 3. The van der Waals surface area contributed by atoms with E-state index in [2.05, 4.69) is 39.4 Å². The van der Waals surface area contributed by atoms with Gasteiger partial charge in [-0.1, -0.05) is 60.2 Å². The molecule has 3 heterocycles. The van der Waals surface area contributed by atoms with Crippen molar-refractivity contribution in [2.75, 3.05) is 20.1 Å². The number of nitrogens with one attached hydrogen (secondary N) is 1. The first-order valence-electron chi connectivity index (χ1n) is 11.0. The zero-order chi connectivity index (χ0) is 21.5. The van der Waals surface area contributed by atoms with Gasteiger partial charge in [-0.25, -0.2) is 4.79 Å². The fraction of sp³-hybridized carbons (Fsp3) is 0.417. The number of carbonyl (C=O) groups is 2. The lowest BCUT2D eigenvalue weighted by molar-refractivity contribution is -0.140. The Balaban J connectivity index is 1.39. The molecule has 0 saturated carbocycles. The molecule has 0 radical (unpaired) electrons. The lowest BCUT2D eigenvalue weighted by atomic mass is 10.1. The zero-order valence-corrected chi connectivity index (χ0v) is 18.1. The van der Waals surface area contributed by atoms with Gasteiger partial charge < -0.3 is 4.90 Å². The summed E-state index contributed by atoms with van der Waals surface area (Å²) >= 11 is 0. The first kappa shape index (κ1) is 20.2. The van der Waals surface area contributed by atoms with Gasteiger partial charge in [0.15, 0.2) is 0 Å². The van der Waals surface area contributed by atoms with E-state index in [0.717, 1.165) is 37.2 Å². The van der Waals surface area contributed by atoms with Crippen molar-refractivity contribution < 1.29 is 9.59 Å². The van der Waals surface area contributed by atoms with Crippen LogP contribution < -0.4 is 5.32 Å². The second-order valence-corrected chi connectivity index (χ2v) is 8.78. The van der Waals surface area contributed by atoms with Gasteiger partial charge in [0, 0.05) is 26.7 Å². The molecule has 31 heavy (non-hydrogen) atoms. The highest BCUT2D eigenvalue weighted by molar-refractivity contribution is 6.00. The third kappa shape index (κ3) is 3.63. The quantitative estimate of drug-likeness (QED) is 0.823. The number of carbonyl (C=O) groups excluding carboxylic acids is 2. The van der Waals surface area contributed by atoms with Gasteiger partial charge in [0.2, 0.25) is 0 Å². The molecule has 162 valence electrons. The first-order valence-corrected chi connectivity index (χ1v) is 11.0. The van der Waals surface area contributed by atoms with Crippen molar-refractivity contribution >= 4 is 11.9 Å². The molecule has 2 aromatic carbocycles. The normalized spacial score (nSPS) is 26.8. The molecular weight excluding hydrogens is 390 g/mol. The second-order valence-electron chi connectivity index (χ2n) is 8.78. The Kier molecular flexibility index (Phi) is 5.25. The average molecular weight is 420 g/mol. The van der Waals surface area contributed by atoms with Crippen molar-refractivity contribution in [2.24, 2.45) is 0 Å². The largest absolute Gasteiger partial charge is 0.328 e. The van der Waals surface area contributed by atoms with Crippen LogP contribution in [0.3, 0.4) is 0 Å². The number of benzene rings is 2. The van der Waals surface area contributed by atoms with Crippen LogP contribution in [0.25, 0.3) is 0 Å². The van der Waals surface area contributed by atoms with E-state index in [0.29, 0.717) is 6.54 Å². The summed E-state index contributed by atoms with van der Waals surface area (Å²) in [6.07, 6.45) is 0.633. The number of aryl methyl sites for hydroxylation is 1. The highest BCUT2D eigenvalue weighted by Crippen LogP contribution is 2.32. The second kappa shape index (κ2) is 8.07. The molecule has 1 N–H and O–H groups in total. The van der Waals surface area contributed by atoms with Gasteiger partial charge in [-0.2, -0.15) is 0 Å². The molecule has 7 nitrogen and oxygen atoms in total.